The quantitative estimate of drug-likeness (QED) is 0.0318. The first-order valence-electron chi connectivity index (χ1n) is 18.1. The molecule has 0 spiro atoms. The number of non-ortho nitro benzene ring substituents is 2. The second-order valence-corrected chi connectivity index (χ2v) is 17.6. The molecule has 0 heterocycles. The third-order valence-corrected chi connectivity index (χ3v) is 11.8. The van der Waals surface area contributed by atoms with E-state index in [0.717, 1.165) is 54.6 Å². The summed E-state index contributed by atoms with van der Waals surface area (Å²) in [5.41, 5.74) is -0.346. The Hall–Kier alpha value is -5.61. The molecule has 70 heavy (non-hydrogen) atoms. The van der Waals surface area contributed by atoms with Crippen LogP contribution in [0.3, 0.4) is 0 Å². The standard InChI is InChI=1S/C38H24N10O16S3.3Na/c49-36-29(43-39-20-5-9-22(10-6-20)47(52)53)18-30(44-41-27-13-14-31(66(59,60)61)26-4-2-1-3-25(26)27)37(50)35(36)46-42-28-17-24(65(56,57)58)15-19-16-32(67(62,63)64)34(38(51)33(19)28)45-40-21-7-11-23(12-8-21)48(54)55;;;/h1-18,39-40,42H,(H,56,57,58)(H,59,60,61)(H,62,63,64);;;/q;3*+1/p-3. The first kappa shape index (κ1) is 57.0. The van der Waals surface area contributed by atoms with Crippen LogP contribution in [0.2, 0.25) is 0 Å². The van der Waals surface area contributed by atoms with E-state index < -0.39 is 110 Å². The van der Waals surface area contributed by atoms with Gasteiger partial charge in [0.1, 0.15) is 47.1 Å². The number of ketones is 1. The van der Waals surface area contributed by atoms with Crippen LogP contribution >= 0.6 is 0 Å². The number of rotatable bonds is 13. The van der Waals surface area contributed by atoms with Gasteiger partial charge in [-0.1, -0.05) is 24.3 Å². The number of nitrogens with zero attached hydrogens (tertiary/aromatic N) is 7. The summed E-state index contributed by atoms with van der Waals surface area (Å²) >= 11 is 0. The molecule has 0 saturated heterocycles. The molecule has 0 atom stereocenters. The zero-order chi connectivity index (χ0) is 48.6. The number of nitro groups is 2. The van der Waals surface area contributed by atoms with Crippen LogP contribution in [-0.2, 0) is 30.4 Å². The van der Waals surface area contributed by atoms with Crippen molar-refractivity contribution in [3.05, 3.63) is 171 Å². The first-order chi connectivity index (χ1) is 31.5. The molecule has 0 fully saturated rings. The van der Waals surface area contributed by atoms with E-state index in [1.54, 1.807) is 0 Å². The van der Waals surface area contributed by atoms with Crippen LogP contribution in [0.15, 0.2) is 153 Å². The zero-order valence-electron chi connectivity index (χ0n) is 35.8. The average molecular weight is 1040 g/mol. The van der Waals surface area contributed by atoms with Crippen molar-refractivity contribution in [2.75, 3.05) is 16.3 Å². The van der Waals surface area contributed by atoms with Crippen molar-refractivity contribution in [1.29, 1.82) is 0 Å². The summed E-state index contributed by atoms with van der Waals surface area (Å²) in [5, 5.41) is 39.9. The van der Waals surface area contributed by atoms with Gasteiger partial charge in [0.05, 0.1) is 52.9 Å². The fraction of sp³-hybridized carbons (Fsp3) is 0. The summed E-state index contributed by atoms with van der Waals surface area (Å²) < 4.78 is 110. The Morgan fingerprint density at radius 1 is 0.543 bits per heavy atom. The summed E-state index contributed by atoms with van der Waals surface area (Å²) in [5.74, 6) is -1.42. The average Bonchev–Trinajstić information content (AvgIpc) is 3.26. The van der Waals surface area contributed by atoms with E-state index in [4.69, 9.17) is 0 Å². The molecule has 6 aromatic carbocycles. The van der Waals surface area contributed by atoms with Crippen molar-refractivity contribution in [1.82, 2.24) is 0 Å². The molecule has 0 aromatic heterocycles. The summed E-state index contributed by atoms with van der Waals surface area (Å²) in [6, 6.07) is 18.5. The second kappa shape index (κ2) is 22.6. The van der Waals surface area contributed by atoms with Gasteiger partial charge in [0.25, 0.3) is 11.4 Å². The minimum absolute atomic E-state index is 0. The van der Waals surface area contributed by atoms with E-state index >= 15 is 0 Å². The number of hydrogen-bond acceptors (Lipinski definition) is 24. The van der Waals surface area contributed by atoms with Crippen LogP contribution in [0.5, 0.6) is 0 Å². The Morgan fingerprint density at radius 3 is 1.61 bits per heavy atom. The molecule has 0 radical (unpaired) electrons. The Bertz CT molecular complexity index is 3830. The fourth-order valence-electron chi connectivity index (χ4n) is 6.18. The van der Waals surface area contributed by atoms with Gasteiger partial charge in [-0.05, 0) is 60.2 Å². The monoisotopic (exact) mass is 1040 g/mol. The molecular weight excluding hydrogens is 1020 g/mol. The number of hydrazone groups is 1. The molecule has 0 saturated carbocycles. The van der Waals surface area contributed by atoms with Crippen molar-refractivity contribution in [2.45, 2.75) is 9.79 Å². The maximum absolute atomic E-state index is 14.1. The van der Waals surface area contributed by atoms with Gasteiger partial charge in [-0.15, -0.1) is 10.2 Å². The zero-order valence-corrected chi connectivity index (χ0v) is 44.2. The number of fused-ring (bicyclic) bond motifs is 2. The number of carbonyl (C=O) groups is 1. The molecule has 0 bridgehead atoms. The third kappa shape index (κ3) is 12.6. The van der Waals surface area contributed by atoms with Crippen LogP contribution in [0, 0.1) is 20.2 Å². The summed E-state index contributed by atoms with van der Waals surface area (Å²) in [7, 11) is -16.1. The van der Waals surface area contributed by atoms with Gasteiger partial charge < -0.3 is 13.7 Å². The van der Waals surface area contributed by atoms with Gasteiger partial charge in [0.15, 0.2) is 5.36 Å². The van der Waals surface area contributed by atoms with E-state index in [2.05, 4.69) is 41.8 Å². The summed E-state index contributed by atoms with van der Waals surface area (Å²) in [4.78, 5) is 59.6. The topological polar surface area (TPSA) is 407 Å². The van der Waals surface area contributed by atoms with E-state index in [1.807, 2.05) is 0 Å². The second-order valence-electron chi connectivity index (χ2n) is 13.5. The van der Waals surface area contributed by atoms with Crippen molar-refractivity contribution < 1.29 is 142 Å². The Morgan fingerprint density at radius 2 is 1.09 bits per heavy atom. The van der Waals surface area contributed by atoms with Crippen LogP contribution in [0.25, 0.3) is 16.8 Å². The van der Waals surface area contributed by atoms with Gasteiger partial charge in [-0.25, -0.2) is 25.3 Å². The number of Topliss-reactive ketones (excluding diaryl/α,β-unsaturated/α-hetero) is 1. The minimum Gasteiger partial charge on any atom is -0.744 e. The third-order valence-electron chi connectivity index (χ3n) is 9.27. The maximum atomic E-state index is 14.1. The Kier molecular flexibility index (Phi) is 18.4. The number of anilines is 3. The van der Waals surface area contributed by atoms with Crippen molar-refractivity contribution in [2.24, 2.45) is 25.5 Å². The van der Waals surface area contributed by atoms with E-state index in [-0.39, 0.29) is 128 Å². The number of nitrogens with one attached hydrogen (secondary N) is 3. The molecule has 7 rings (SSSR count). The molecule has 340 valence electrons. The molecule has 0 unspecified atom stereocenters. The van der Waals surface area contributed by atoms with Crippen molar-refractivity contribution in [3.63, 3.8) is 0 Å². The van der Waals surface area contributed by atoms with Gasteiger partial charge in [0.2, 0.25) is 16.6 Å². The van der Waals surface area contributed by atoms with E-state index in [9.17, 15) is 73.5 Å². The summed E-state index contributed by atoms with van der Waals surface area (Å²) in [6.45, 7) is 0. The van der Waals surface area contributed by atoms with Gasteiger partial charge in [0, 0.05) is 41.1 Å². The smallest absolute Gasteiger partial charge is 0.744 e. The number of benzene rings is 6. The van der Waals surface area contributed by atoms with Crippen LogP contribution in [0.1, 0.15) is 15.9 Å². The molecular formula is C38H21N10Na3O16S3. The Balaban J connectivity index is 0.00000355. The minimum atomic E-state index is -5.62. The molecule has 6 aromatic rings. The number of hydrogen-bond donors (Lipinski definition) is 3. The normalized spacial score (nSPS) is 13.7. The van der Waals surface area contributed by atoms with Crippen LogP contribution < -0.4 is 127 Å². The largest absolute Gasteiger partial charge is 1.00 e. The Labute approximate surface area is 458 Å². The fourth-order valence-corrected chi connectivity index (χ4v) is 8.05. The van der Waals surface area contributed by atoms with Crippen LogP contribution in [-0.4, -0.2) is 60.3 Å². The van der Waals surface area contributed by atoms with Crippen molar-refractivity contribution in [3.8, 4) is 0 Å². The van der Waals surface area contributed by atoms with Gasteiger partial charge in [-0.2, -0.15) is 15.3 Å². The maximum Gasteiger partial charge on any atom is 1.00 e. The van der Waals surface area contributed by atoms with Crippen LogP contribution in [0.4, 0.5) is 39.8 Å². The van der Waals surface area contributed by atoms with Gasteiger partial charge >= 0.3 is 88.7 Å². The van der Waals surface area contributed by atoms with E-state index in [0.29, 0.717) is 18.2 Å². The summed E-state index contributed by atoms with van der Waals surface area (Å²) in [6.07, 6.45) is 0.512. The number of allylic oxidation sites excluding steroid dienone is 1. The SMILES string of the molecule is O=C1C(=NNc2ccc([N+](=O)[O-])cc2)C(S(=O)(=O)[O-])=Cc2cc(S(=O)(=O)[O-])cc(NN=c3c(=O)c(N=Nc4ccc(S(=O)(=O)[O-])c5ccccc45)cc(=NNc4ccc([N+](=O)[O-])cc4)c3=O)c21.[Na+].[Na+].[Na+]. The predicted molar refractivity (Wildman–Crippen MR) is 229 cm³/mol. The molecule has 0 amide bonds. The van der Waals surface area contributed by atoms with Crippen molar-refractivity contribution >= 4 is 98.5 Å². The molecule has 26 nitrogen and oxygen atoms in total. The molecule has 1 aliphatic carbocycles. The number of azo groups is 1. The number of carbonyl (C=O) groups excluding carboxylic acids is 1. The molecule has 1 aliphatic rings. The predicted octanol–water partition coefficient (Wildman–Crippen LogP) is -6.11. The molecule has 0 aliphatic heterocycles. The number of nitro benzene ring substituents is 2. The van der Waals surface area contributed by atoms with Gasteiger partial charge in [-0.3, -0.25) is 50.9 Å². The first-order valence-corrected chi connectivity index (χ1v) is 22.3. The van der Waals surface area contributed by atoms with E-state index in [1.165, 1.54) is 36.4 Å². The molecule has 3 N–H and O–H groups in total. The molecule has 32 heteroatoms.